The average Bonchev–Trinajstić information content (AvgIpc) is 2.88. The Kier molecular flexibility index (Phi) is 5.01. The molecular formula is C19H18N2O2S. The van der Waals surface area contributed by atoms with E-state index in [0.717, 1.165) is 29.4 Å². The van der Waals surface area contributed by atoms with Crippen LogP contribution in [0.25, 0.3) is 6.08 Å². The first-order chi connectivity index (χ1) is 11.7. The van der Waals surface area contributed by atoms with Gasteiger partial charge in [-0.05, 0) is 47.5 Å². The van der Waals surface area contributed by atoms with Gasteiger partial charge in [-0.15, -0.1) is 0 Å². The molecule has 0 bridgehead atoms. The Bertz CT molecular complexity index is 770. The first kappa shape index (κ1) is 16.3. The summed E-state index contributed by atoms with van der Waals surface area (Å²) >= 11 is 0.976. The summed E-state index contributed by atoms with van der Waals surface area (Å²) in [6.07, 6.45) is 2.73. The van der Waals surface area contributed by atoms with E-state index in [1.807, 2.05) is 54.6 Å². The topological polar surface area (TPSA) is 49.4 Å². The van der Waals surface area contributed by atoms with Crippen molar-refractivity contribution >= 4 is 34.7 Å². The molecule has 2 amide bonds. The number of thioether (sulfide) groups is 1. The predicted octanol–water partition coefficient (Wildman–Crippen LogP) is 4.35. The van der Waals surface area contributed by atoms with E-state index >= 15 is 0 Å². The molecular weight excluding hydrogens is 320 g/mol. The lowest BCUT2D eigenvalue weighted by molar-refractivity contribution is -0.122. The monoisotopic (exact) mass is 338 g/mol. The Morgan fingerprint density at radius 1 is 1.04 bits per heavy atom. The van der Waals surface area contributed by atoms with Crippen LogP contribution in [-0.2, 0) is 11.2 Å². The number of carbonyl (C=O) groups is 2. The normalized spacial score (nSPS) is 16.0. The Hall–Kier alpha value is -2.53. The van der Waals surface area contributed by atoms with Gasteiger partial charge < -0.3 is 5.32 Å². The lowest BCUT2D eigenvalue weighted by atomic mass is 10.1. The molecule has 0 spiro atoms. The highest BCUT2D eigenvalue weighted by atomic mass is 32.2. The number of nitrogens with zero attached hydrogens (tertiary/aromatic N) is 1. The highest BCUT2D eigenvalue weighted by Gasteiger charge is 2.34. The molecule has 1 fully saturated rings. The van der Waals surface area contributed by atoms with Gasteiger partial charge >= 0.3 is 0 Å². The minimum absolute atomic E-state index is 0.169. The minimum atomic E-state index is -0.258. The van der Waals surface area contributed by atoms with Gasteiger partial charge in [-0.25, -0.2) is 0 Å². The maximum absolute atomic E-state index is 12.4. The molecule has 5 heteroatoms. The minimum Gasteiger partial charge on any atom is -0.367 e. The maximum atomic E-state index is 12.4. The SMILES string of the molecule is CCc1ccc(NCN2C(=O)S/C(=C\c3ccccc3)C2=O)cc1. The van der Waals surface area contributed by atoms with E-state index in [0.29, 0.717) is 4.91 Å². The molecule has 0 radical (unpaired) electrons. The van der Waals surface area contributed by atoms with Gasteiger partial charge in [0.05, 0.1) is 11.6 Å². The molecule has 1 saturated heterocycles. The zero-order chi connectivity index (χ0) is 16.9. The quantitative estimate of drug-likeness (QED) is 0.823. The van der Waals surface area contributed by atoms with E-state index in [9.17, 15) is 9.59 Å². The van der Waals surface area contributed by atoms with Crippen LogP contribution >= 0.6 is 11.8 Å². The Labute approximate surface area is 145 Å². The van der Waals surface area contributed by atoms with Crippen LogP contribution in [0.4, 0.5) is 10.5 Å². The summed E-state index contributed by atoms with van der Waals surface area (Å²) in [6, 6.07) is 17.5. The van der Waals surface area contributed by atoms with Gasteiger partial charge in [0.25, 0.3) is 11.1 Å². The zero-order valence-corrected chi connectivity index (χ0v) is 14.2. The molecule has 0 unspecified atom stereocenters. The second-order valence-corrected chi connectivity index (χ2v) is 6.40. The molecule has 1 heterocycles. The van der Waals surface area contributed by atoms with Crippen LogP contribution in [-0.4, -0.2) is 22.7 Å². The zero-order valence-electron chi connectivity index (χ0n) is 13.4. The molecule has 0 aromatic heterocycles. The number of anilines is 1. The Balaban J connectivity index is 1.67. The number of hydrogen-bond acceptors (Lipinski definition) is 4. The van der Waals surface area contributed by atoms with E-state index in [-0.39, 0.29) is 17.8 Å². The van der Waals surface area contributed by atoms with Crippen molar-refractivity contribution in [2.45, 2.75) is 13.3 Å². The van der Waals surface area contributed by atoms with Crippen molar-refractivity contribution in [1.29, 1.82) is 0 Å². The van der Waals surface area contributed by atoms with Gasteiger partial charge in [-0.1, -0.05) is 49.4 Å². The lowest BCUT2D eigenvalue weighted by Crippen LogP contribution is -2.33. The van der Waals surface area contributed by atoms with Crippen LogP contribution in [0.2, 0.25) is 0 Å². The fourth-order valence-corrected chi connectivity index (χ4v) is 3.20. The molecule has 3 rings (SSSR count). The van der Waals surface area contributed by atoms with Crippen LogP contribution in [0.1, 0.15) is 18.1 Å². The molecule has 2 aromatic rings. The molecule has 1 N–H and O–H groups in total. The van der Waals surface area contributed by atoms with E-state index in [2.05, 4.69) is 12.2 Å². The van der Waals surface area contributed by atoms with Crippen LogP contribution < -0.4 is 5.32 Å². The number of amides is 2. The molecule has 24 heavy (non-hydrogen) atoms. The maximum Gasteiger partial charge on any atom is 0.295 e. The number of benzene rings is 2. The molecule has 0 atom stereocenters. The smallest absolute Gasteiger partial charge is 0.295 e. The third-order valence-corrected chi connectivity index (χ3v) is 4.68. The molecule has 1 aliphatic rings. The van der Waals surface area contributed by atoms with Gasteiger partial charge in [0.15, 0.2) is 0 Å². The van der Waals surface area contributed by atoms with Crippen LogP contribution in [0.15, 0.2) is 59.5 Å². The lowest BCUT2D eigenvalue weighted by Gasteiger charge is -2.14. The molecule has 0 aliphatic carbocycles. The van der Waals surface area contributed by atoms with E-state index in [1.165, 1.54) is 10.5 Å². The molecule has 0 saturated carbocycles. The fraction of sp³-hybridized carbons (Fsp3) is 0.158. The molecule has 4 nitrogen and oxygen atoms in total. The first-order valence-electron chi connectivity index (χ1n) is 7.80. The second kappa shape index (κ2) is 7.36. The van der Waals surface area contributed by atoms with Gasteiger partial charge in [0.1, 0.15) is 0 Å². The van der Waals surface area contributed by atoms with Crippen LogP contribution in [0, 0.1) is 0 Å². The van der Waals surface area contributed by atoms with Crippen LogP contribution in [0.3, 0.4) is 0 Å². The molecule has 122 valence electrons. The highest BCUT2D eigenvalue weighted by molar-refractivity contribution is 8.18. The highest BCUT2D eigenvalue weighted by Crippen LogP contribution is 2.32. The van der Waals surface area contributed by atoms with E-state index in [1.54, 1.807) is 6.08 Å². The van der Waals surface area contributed by atoms with Crippen molar-refractivity contribution < 1.29 is 9.59 Å². The second-order valence-electron chi connectivity index (χ2n) is 5.41. The largest absolute Gasteiger partial charge is 0.367 e. The number of rotatable bonds is 5. The summed E-state index contributed by atoms with van der Waals surface area (Å²) in [5.74, 6) is -0.258. The van der Waals surface area contributed by atoms with Crippen molar-refractivity contribution in [2.75, 3.05) is 12.0 Å². The number of aryl methyl sites for hydroxylation is 1. The van der Waals surface area contributed by atoms with Crippen LogP contribution in [0.5, 0.6) is 0 Å². The standard InChI is InChI=1S/C19H18N2O2S/c1-2-14-8-10-16(11-9-14)20-13-21-18(22)17(24-19(21)23)12-15-6-4-3-5-7-15/h3-12,20H,2,13H2,1H3/b17-12-. The Morgan fingerprint density at radius 2 is 1.75 bits per heavy atom. The summed E-state index contributed by atoms with van der Waals surface area (Å²) < 4.78 is 0. The third kappa shape index (κ3) is 3.68. The van der Waals surface area contributed by atoms with Crippen molar-refractivity contribution in [1.82, 2.24) is 4.90 Å². The van der Waals surface area contributed by atoms with Crippen molar-refractivity contribution in [3.05, 3.63) is 70.6 Å². The third-order valence-electron chi connectivity index (χ3n) is 3.77. The fourth-order valence-electron chi connectivity index (χ4n) is 2.37. The van der Waals surface area contributed by atoms with Gasteiger partial charge in [0.2, 0.25) is 0 Å². The van der Waals surface area contributed by atoms with Gasteiger partial charge in [-0.2, -0.15) is 0 Å². The van der Waals surface area contributed by atoms with Crippen molar-refractivity contribution in [2.24, 2.45) is 0 Å². The average molecular weight is 338 g/mol. The number of carbonyl (C=O) groups excluding carboxylic acids is 2. The Morgan fingerprint density at radius 3 is 2.42 bits per heavy atom. The summed E-state index contributed by atoms with van der Waals surface area (Å²) in [5, 5.41) is 2.88. The summed E-state index contributed by atoms with van der Waals surface area (Å²) in [5.41, 5.74) is 3.04. The van der Waals surface area contributed by atoms with E-state index < -0.39 is 0 Å². The van der Waals surface area contributed by atoms with Gasteiger partial charge in [0, 0.05) is 5.69 Å². The summed E-state index contributed by atoms with van der Waals surface area (Å²) in [6.45, 7) is 2.27. The molecule has 1 aliphatic heterocycles. The predicted molar refractivity (Wildman–Crippen MR) is 98.6 cm³/mol. The number of nitrogens with one attached hydrogen (secondary N) is 1. The number of hydrogen-bond donors (Lipinski definition) is 1. The molecule has 2 aromatic carbocycles. The van der Waals surface area contributed by atoms with Gasteiger partial charge in [-0.3, -0.25) is 14.5 Å². The summed E-state index contributed by atoms with van der Waals surface area (Å²) in [4.78, 5) is 26.2. The summed E-state index contributed by atoms with van der Waals surface area (Å²) in [7, 11) is 0. The van der Waals surface area contributed by atoms with Crippen molar-refractivity contribution in [3.8, 4) is 0 Å². The van der Waals surface area contributed by atoms with E-state index in [4.69, 9.17) is 0 Å². The number of imide groups is 1. The van der Waals surface area contributed by atoms with Crippen molar-refractivity contribution in [3.63, 3.8) is 0 Å². The first-order valence-corrected chi connectivity index (χ1v) is 8.62.